The number of aromatic nitrogens is 1. The highest BCUT2D eigenvalue weighted by molar-refractivity contribution is 5.90. The number of ether oxygens (including phenoxy) is 1. The average Bonchev–Trinajstić information content (AvgIpc) is 3.13. The molecule has 0 aliphatic heterocycles. The highest BCUT2D eigenvalue weighted by Gasteiger charge is 2.37. The van der Waals surface area contributed by atoms with Gasteiger partial charge in [0, 0.05) is 17.1 Å². The number of carboxylic acids is 1. The number of aliphatic carboxylic acids is 1. The number of H-pyrrole nitrogens is 1. The van der Waals surface area contributed by atoms with Gasteiger partial charge in [-0.05, 0) is 36.6 Å². The Morgan fingerprint density at radius 1 is 1.33 bits per heavy atom. The summed E-state index contributed by atoms with van der Waals surface area (Å²) >= 11 is 0. The van der Waals surface area contributed by atoms with Crippen molar-refractivity contribution < 1.29 is 19.4 Å². The molecule has 6 nitrogen and oxygen atoms in total. The molecule has 2 aromatic rings. The van der Waals surface area contributed by atoms with Gasteiger partial charge in [0.15, 0.2) is 0 Å². The molecule has 1 saturated carbocycles. The van der Waals surface area contributed by atoms with Crippen LogP contribution in [-0.2, 0) is 16.0 Å². The van der Waals surface area contributed by atoms with Crippen LogP contribution in [0.25, 0.3) is 10.9 Å². The van der Waals surface area contributed by atoms with Crippen molar-refractivity contribution in [3.05, 3.63) is 30.0 Å². The van der Waals surface area contributed by atoms with Crippen LogP contribution >= 0.6 is 0 Å². The van der Waals surface area contributed by atoms with Crippen LogP contribution in [0.2, 0.25) is 0 Å². The maximum Gasteiger partial charge on any atom is 0.305 e. The first-order valence-electron chi connectivity index (χ1n) is 8.18. The quantitative estimate of drug-likeness (QED) is 0.759. The van der Waals surface area contributed by atoms with Crippen LogP contribution in [0.5, 0.6) is 5.75 Å². The van der Waals surface area contributed by atoms with E-state index in [4.69, 9.17) is 9.84 Å². The SMILES string of the molecule is COc1ccc2[nH]cc(CC(=O)NC3(CC(=O)O)CCCC3)c2c1. The molecule has 1 aliphatic carbocycles. The molecule has 0 radical (unpaired) electrons. The molecule has 0 spiro atoms. The number of amides is 1. The molecule has 3 rings (SSSR count). The normalized spacial score (nSPS) is 16.2. The summed E-state index contributed by atoms with van der Waals surface area (Å²) in [6.45, 7) is 0. The molecule has 1 aromatic carbocycles. The van der Waals surface area contributed by atoms with Crippen molar-refractivity contribution in [2.24, 2.45) is 0 Å². The number of rotatable bonds is 6. The summed E-state index contributed by atoms with van der Waals surface area (Å²) in [4.78, 5) is 26.8. The van der Waals surface area contributed by atoms with Crippen LogP contribution < -0.4 is 10.1 Å². The Morgan fingerprint density at radius 3 is 2.75 bits per heavy atom. The zero-order valence-electron chi connectivity index (χ0n) is 13.7. The lowest BCUT2D eigenvalue weighted by molar-refractivity contribution is -0.139. The molecule has 3 N–H and O–H groups in total. The molecule has 128 valence electrons. The van der Waals surface area contributed by atoms with Crippen LogP contribution in [0, 0.1) is 0 Å². The predicted molar refractivity (Wildman–Crippen MR) is 90.1 cm³/mol. The summed E-state index contributed by atoms with van der Waals surface area (Å²) in [5.41, 5.74) is 1.23. The van der Waals surface area contributed by atoms with Gasteiger partial charge in [-0.3, -0.25) is 9.59 Å². The second-order valence-corrected chi connectivity index (χ2v) is 6.51. The van der Waals surface area contributed by atoms with E-state index in [-0.39, 0.29) is 18.7 Å². The molecule has 0 saturated heterocycles. The summed E-state index contributed by atoms with van der Waals surface area (Å²) in [5, 5.41) is 13.1. The van der Waals surface area contributed by atoms with E-state index in [9.17, 15) is 9.59 Å². The van der Waals surface area contributed by atoms with E-state index >= 15 is 0 Å². The number of hydrogen-bond donors (Lipinski definition) is 3. The average molecular weight is 330 g/mol. The molecule has 1 aliphatic rings. The Morgan fingerprint density at radius 2 is 2.08 bits per heavy atom. The van der Waals surface area contributed by atoms with Crippen molar-refractivity contribution >= 4 is 22.8 Å². The maximum atomic E-state index is 12.5. The Kier molecular flexibility index (Phi) is 4.46. The van der Waals surface area contributed by atoms with E-state index in [1.807, 2.05) is 24.4 Å². The van der Waals surface area contributed by atoms with Crippen molar-refractivity contribution in [2.45, 2.75) is 44.1 Å². The minimum absolute atomic E-state index is 0.0134. The summed E-state index contributed by atoms with van der Waals surface area (Å²) in [7, 11) is 1.61. The zero-order valence-corrected chi connectivity index (χ0v) is 13.7. The largest absolute Gasteiger partial charge is 0.497 e. The molecule has 0 unspecified atom stereocenters. The lowest BCUT2D eigenvalue weighted by Gasteiger charge is -2.28. The second-order valence-electron chi connectivity index (χ2n) is 6.51. The lowest BCUT2D eigenvalue weighted by atomic mass is 9.92. The smallest absolute Gasteiger partial charge is 0.305 e. The fourth-order valence-corrected chi connectivity index (χ4v) is 3.63. The van der Waals surface area contributed by atoms with Crippen molar-refractivity contribution in [2.75, 3.05) is 7.11 Å². The topological polar surface area (TPSA) is 91.4 Å². The first-order chi connectivity index (χ1) is 11.5. The van der Waals surface area contributed by atoms with Gasteiger partial charge in [0.2, 0.25) is 5.91 Å². The van der Waals surface area contributed by atoms with Crippen molar-refractivity contribution in [3.8, 4) is 5.75 Å². The monoisotopic (exact) mass is 330 g/mol. The molecule has 1 aromatic heterocycles. The van der Waals surface area contributed by atoms with Crippen molar-refractivity contribution in [1.29, 1.82) is 0 Å². The van der Waals surface area contributed by atoms with E-state index in [1.54, 1.807) is 7.11 Å². The number of aromatic amines is 1. The summed E-state index contributed by atoms with van der Waals surface area (Å²) in [6.07, 6.45) is 5.40. The van der Waals surface area contributed by atoms with E-state index in [1.165, 1.54) is 0 Å². The Balaban J connectivity index is 1.76. The molecule has 1 fully saturated rings. The Bertz CT molecular complexity index is 759. The van der Waals surface area contributed by atoms with E-state index in [2.05, 4.69) is 10.3 Å². The molecular weight excluding hydrogens is 308 g/mol. The van der Waals surface area contributed by atoms with E-state index < -0.39 is 11.5 Å². The van der Waals surface area contributed by atoms with Crippen LogP contribution in [0.15, 0.2) is 24.4 Å². The third-order valence-electron chi connectivity index (χ3n) is 4.78. The summed E-state index contributed by atoms with van der Waals surface area (Å²) in [6, 6.07) is 5.68. The number of carbonyl (C=O) groups excluding carboxylic acids is 1. The molecule has 0 bridgehead atoms. The number of fused-ring (bicyclic) bond motifs is 1. The molecule has 1 heterocycles. The van der Waals surface area contributed by atoms with Crippen molar-refractivity contribution in [3.63, 3.8) is 0 Å². The lowest BCUT2D eigenvalue weighted by Crippen LogP contribution is -2.48. The van der Waals surface area contributed by atoms with E-state index in [0.29, 0.717) is 0 Å². The minimum Gasteiger partial charge on any atom is -0.497 e. The van der Waals surface area contributed by atoms with Gasteiger partial charge in [-0.25, -0.2) is 0 Å². The molecule has 24 heavy (non-hydrogen) atoms. The van der Waals surface area contributed by atoms with Gasteiger partial charge in [0.1, 0.15) is 5.75 Å². The van der Waals surface area contributed by atoms with Gasteiger partial charge >= 0.3 is 5.97 Å². The molecule has 6 heteroatoms. The third-order valence-corrected chi connectivity index (χ3v) is 4.78. The molecule has 0 atom stereocenters. The fraction of sp³-hybridized carbons (Fsp3) is 0.444. The fourth-order valence-electron chi connectivity index (χ4n) is 3.63. The summed E-state index contributed by atoms with van der Waals surface area (Å²) in [5.74, 6) is -0.266. The first-order valence-corrected chi connectivity index (χ1v) is 8.18. The van der Waals surface area contributed by atoms with E-state index in [0.717, 1.165) is 47.9 Å². The highest BCUT2D eigenvalue weighted by Crippen LogP contribution is 2.33. The number of benzene rings is 1. The summed E-state index contributed by atoms with van der Waals surface area (Å²) < 4.78 is 5.24. The number of carbonyl (C=O) groups is 2. The second kappa shape index (κ2) is 6.55. The van der Waals surface area contributed by atoms with Gasteiger partial charge in [0.05, 0.1) is 25.5 Å². The van der Waals surface area contributed by atoms with Crippen LogP contribution in [-0.4, -0.2) is 34.6 Å². The van der Waals surface area contributed by atoms with Crippen LogP contribution in [0.3, 0.4) is 0 Å². The van der Waals surface area contributed by atoms with Gasteiger partial charge in [-0.15, -0.1) is 0 Å². The third kappa shape index (κ3) is 3.37. The van der Waals surface area contributed by atoms with Gasteiger partial charge in [-0.1, -0.05) is 12.8 Å². The Hall–Kier alpha value is -2.50. The minimum atomic E-state index is -0.867. The highest BCUT2D eigenvalue weighted by atomic mass is 16.5. The standard InChI is InChI=1S/C18H22N2O4/c1-24-13-4-5-15-14(9-13)12(11-19-15)8-16(21)20-18(10-17(22)23)6-2-3-7-18/h4-5,9,11,19H,2-3,6-8,10H2,1H3,(H,20,21)(H,22,23). The number of methoxy groups -OCH3 is 1. The van der Waals surface area contributed by atoms with Gasteiger partial charge in [0.25, 0.3) is 0 Å². The first kappa shape index (κ1) is 16.4. The van der Waals surface area contributed by atoms with Gasteiger partial charge in [-0.2, -0.15) is 0 Å². The predicted octanol–water partition coefficient (Wildman–Crippen LogP) is 2.62. The maximum absolute atomic E-state index is 12.5. The molecular formula is C18H22N2O4. The van der Waals surface area contributed by atoms with Crippen molar-refractivity contribution in [1.82, 2.24) is 10.3 Å². The number of carboxylic acid groups (broad SMARTS) is 1. The zero-order chi connectivity index (χ0) is 17.2. The van der Waals surface area contributed by atoms with Crippen LogP contribution in [0.1, 0.15) is 37.7 Å². The number of nitrogens with one attached hydrogen (secondary N) is 2. The molecule has 1 amide bonds. The van der Waals surface area contributed by atoms with Gasteiger partial charge < -0.3 is 20.1 Å². The number of hydrogen-bond acceptors (Lipinski definition) is 3. The van der Waals surface area contributed by atoms with Crippen LogP contribution in [0.4, 0.5) is 0 Å². The Labute approximate surface area is 140 Å².